The van der Waals surface area contributed by atoms with E-state index in [1.807, 2.05) is 37.3 Å². The van der Waals surface area contributed by atoms with Crippen LogP contribution in [-0.2, 0) is 0 Å². The largest absolute Gasteiger partial charge is 0.335 e. The molecule has 0 saturated carbocycles. The van der Waals surface area contributed by atoms with Gasteiger partial charge in [0, 0.05) is 25.0 Å². The van der Waals surface area contributed by atoms with Gasteiger partial charge in [-0.05, 0) is 42.8 Å². The van der Waals surface area contributed by atoms with Gasteiger partial charge in [0.2, 0.25) is 0 Å². The van der Waals surface area contributed by atoms with Gasteiger partial charge in [-0.3, -0.25) is 14.8 Å². The van der Waals surface area contributed by atoms with Crippen LogP contribution in [0.25, 0.3) is 16.7 Å². The van der Waals surface area contributed by atoms with Gasteiger partial charge in [0.05, 0.1) is 22.8 Å². The van der Waals surface area contributed by atoms with Crippen molar-refractivity contribution in [3.05, 3.63) is 78.6 Å². The number of carbonyl (C=O) groups is 1. The van der Waals surface area contributed by atoms with E-state index in [1.54, 1.807) is 47.5 Å². The molecular weight excluding hydrogens is 340 g/mol. The Balaban J connectivity index is 1.55. The molecule has 0 N–H and O–H groups in total. The molecule has 0 saturated heterocycles. The first-order valence-electron chi connectivity index (χ1n) is 8.56. The zero-order valence-electron chi connectivity index (χ0n) is 15.0. The van der Waals surface area contributed by atoms with Crippen molar-refractivity contribution in [2.75, 3.05) is 7.05 Å². The van der Waals surface area contributed by atoms with Gasteiger partial charge < -0.3 is 4.90 Å². The summed E-state index contributed by atoms with van der Waals surface area (Å²) >= 11 is 0. The van der Waals surface area contributed by atoms with Gasteiger partial charge in [0.25, 0.3) is 5.91 Å². The lowest BCUT2D eigenvalue weighted by Crippen LogP contribution is -2.29. The van der Waals surface area contributed by atoms with Crippen molar-refractivity contribution in [3.8, 4) is 5.69 Å². The lowest BCUT2D eigenvalue weighted by molar-refractivity contribution is 0.0743. The van der Waals surface area contributed by atoms with Crippen molar-refractivity contribution in [2.24, 2.45) is 0 Å². The van der Waals surface area contributed by atoms with E-state index in [-0.39, 0.29) is 11.9 Å². The molecule has 4 aromatic rings. The quantitative estimate of drug-likeness (QED) is 0.560. The number of carbonyl (C=O) groups excluding carboxylic acids is 1. The second-order valence-electron chi connectivity index (χ2n) is 6.28. The van der Waals surface area contributed by atoms with E-state index in [4.69, 9.17) is 0 Å². The highest BCUT2D eigenvalue weighted by Crippen LogP contribution is 2.23. The summed E-state index contributed by atoms with van der Waals surface area (Å²) in [4.78, 5) is 27.1. The van der Waals surface area contributed by atoms with Crippen LogP contribution in [0.15, 0.2) is 67.5 Å². The molecule has 2 heterocycles. The van der Waals surface area contributed by atoms with Gasteiger partial charge in [-0.15, -0.1) is 0 Å². The number of hydrogen-bond acceptors (Lipinski definition) is 5. The topological polar surface area (TPSA) is 76.8 Å². The second-order valence-corrected chi connectivity index (χ2v) is 6.28. The number of rotatable bonds is 4. The fourth-order valence-electron chi connectivity index (χ4n) is 2.95. The summed E-state index contributed by atoms with van der Waals surface area (Å²) in [6.07, 6.45) is 6.41. The standard InChI is InChI=1S/C20H18N6O/c1-14(15-3-6-17(7-4-15)26-13-21-12-24-26)25(2)20(27)16-5-8-18-19(11-16)23-10-9-22-18/h3-14H,1-2H3. The molecule has 0 radical (unpaired) electrons. The summed E-state index contributed by atoms with van der Waals surface area (Å²) in [5.41, 5.74) is 4.03. The predicted octanol–water partition coefficient (Wildman–Crippen LogP) is 3.04. The fourth-order valence-corrected chi connectivity index (χ4v) is 2.95. The summed E-state index contributed by atoms with van der Waals surface area (Å²) < 4.78 is 1.69. The van der Waals surface area contributed by atoms with Crippen LogP contribution in [0.3, 0.4) is 0 Å². The Morgan fingerprint density at radius 3 is 2.48 bits per heavy atom. The Bertz CT molecular complexity index is 1080. The van der Waals surface area contributed by atoms with Gasteiger partial charge in [-0.1, -0.05) is 12.1 Å². The summed E-state index contributed by atoms with van der Waals surface area (Å²) in [6, 6.07) is 13.2. The number of benzene rings is 2. The number of amides is 1. The fraction of sp³-hybridized carbons (Fsp3) is 0.150. The minimum Gasteiger partial charge on any atom is -0.335 e. The number of fused-ring (bicyclic) bond motifs is 1. The molecule has 4 rings (SSSR count). The lowest BCUT2D eigenvalue weighted by atomic mass is 10.1. The van der Waals surface area contributed by atoms with Crippen LogP contribution in [-0.4, -0.2) is 42.6 Å². The summed E-state index contributed by atoms with van der Waals surface area (Å²) in [5.74, 6) is -0.0598. The van der Waals surface area contributed by atoms with Crippen LogP contribution in [0.2, 0.25) is 0 Å². The van der Waals surface area contributed by atoms with Crippen molar-refractivity contribution in [1.82, 2.24) is 29.6 Å². The number of nitrogens with zero attached hydrogens (tertiary/aromatic N) is 6. The molecule has 134 valence electrons. The molecule has 1 atom stereocenters. The van der Waals surface area contributed by atoms with Gasteiger partial charge in [0.15, 0.2) is 0 Å². The van der Waals surface area contributed by atoms with E-state index < -0.39 is 0 Å². The first kappa shape index (κ1) is 16.8. The SMILES string of the molecule is CC(c1ccc(-n2cncn2)cc1)N(C)C(=O)c1ccc2nccnc2c1. The van der Waals surface area contributed by atoms with E-state index in [0.29, 0.717) is 11.1 Å². The highest BCUT2D eigenvalue weighted by atomic mass is 16.2. The Morgan fingerprint density at radius 1 is 1.04 bits per heavy atom. The number of aromatic nitrogens is 5. The van der Waals surface area contributed by atoms with E-state index in [1.165, 1.54) is 6.33 Å². The first-order valence-corrected chi connectivity index (χ1v) is 8.56. The van der Waals surface area contributed by atoms with Crippen molar-refractivity contribution in [2.45, 2.75) is 13.0 Å². The Kier molecular flexibility index (Phi) is 4.33. The molecule has 1 amide bonds. The van der Waals surface area contributed by atoms with E-state index in [0.717, 1.165) is 16.8 Å². The third-order valence-corrected chi connectivity index (χ3v) is 4.68. The van der Waals surface area contributed by atoms with Gasteiger partial charge in [0.1, 0.15) is 12.7 Å². The molecule has 0 bridgehead atoms. The van der Waals surface area contributed by atoms with Crippen LogP contribution in [0.4, 0.5) is 0 Å². The molecule has 7 nitrogen and oxygen atoms in total. The van der Waals surface area contributed by atoms with E-state index in [9.17, 15) is 4.79 Å². The van der Waals surface area contributed by atoms with E-state index in [2.05, 4.69) is 20.1 Å². The molecule has 1 unspecified atom stereocenters. The zero-order chi connectivity index (χ0) is 18.8. The van der Waals surface area contributed by atoms with Gasteiger partial charge in [-0.2, -0.15) is 5.10 Å². The molecule has 0 aliphatic heterocycles. The molecule has 27 heavy (non-hydrogen) atoms. The monoisotopic (exact) mass is 358 g/mol. The van der Waals surface area contributed by atoms with Crippen molar-refractivity contribution in [3.63, 3.8) is 0 Å². The molecular formula is C20H18N6O. The lowest BCUT2D eigenvalue weighted by Gasteiger charge is -2.25. The second kappa shape index (κ2) is 6.95. The minimum atomic E-state index is -0.0835. The van der Waals surface area contributed by atoms with Crippen molar-refractivity contribution in [1.29, 1.82) is 0 Å². The maximum atomic E-state index is 12.9. The van der Waals surface area contributed by atoms with Crippen LogP contribution in [0, 0.1) is 0 Å². The highest BCUT2D eigenvalue weighted by molar-refractivity contribution is 5.97. The normalized spacial score (nSPS) is 12.1. The third-order valence-electron chi connectivity index (χ3n) is 4.68. The molecule has 0 fully saturated rings. The maximum absolute atomic E-state index is 12.9. The molecule has 0 aliphatic rings. The molecule has 0 spiro atoms. The average molecular weight is 358 g/mol. The molecule has 2 aromatic heterocycles. The van der Waals surface area contributed by atoms with Crippen LogP contribution >= 0.6 is 0 Å². The molecule has 2 aromatic carbocycles. The minimum absolute atomic E-state index is 0.0598. The summed E-state index contributed by atoms with van der Waals surface area (Å²) in [6.45, 7) is 2.00. The Labute approximate surface area is 156 Å². The highest BCUT2D eigenvalue weighted by Gasteiger charge is 2.19. The zero-order valence-corrected chi connectivity index (χ0v) is 15.0. The smallest absolute Gasteiger partial charge is 0.254 e. The summed E-state index contributed by atoms with van der Waals surface area (Å²) in [5, 5.41) is 4.12. The Hall–Kier alpha value is -3.61. The summed E-state index contributed by atoms with van der Waals surface area (Å²) in [7, 11) is 1.80. The molecule has 7 heteroatoms. The van der Waals surface area contributed by atoms with E-state index >= 15 is 0 Å². The first-order chi connectivity index (χ1) is 13.1. The predicted molar refractivity (Wildman–Crippen MR) is 101 cm³/mol. The van der Waals surface area contributed by atoms with Crippen molar-refractivity contribution >= 4 is 16.9 Å². The van der Waals surface area contributed by atoms with Crippen LogP contribution in [0.1, 0.15) is 28.9 Å². The van der Waals surface area contributed by atoms with Crippen LogP contribution < -0.4 is 0 Å². The van der Waals surface area contributed by atoms with Gasteiger partial charge >= 0.3 is 0 Å². The molecule has 0 aliphatic carbocycles. The maximum Gasteiger partial charge on any atom is 0.254 e. The third kappa shape index (κ3) is 3.27. The number of hydrogen-bond donors (Lipinski definition) is 0. The van der Waals surface area contributed by atoms with Crippen molar-refractivity contribution < 1.29 is 4.79 Å². The van der Waals surface area contributed by atoms with Gasteiger partial charge in [-0.25, -0.2) is 9.67 Å². The average Bonchev–Trinajstić information content (AvgIpc) is 3.27. The van der Waals surface area contributed by atoms with Crippen LogP contribution in [0.5, 0.6) is 0 Å². The Morgan fingerprint density at radius 2 is 1.78 bits per heavy atom.